The van der Waals surface area contributed by atoms with Crippen molar-refractivity contribution in [2.24, 2.45) is 11.8 Å². The topological polar surface area (TPSA) is 6.48 Å². The first-order valence-corrected chi connectivity index (χ1v) is 5.43. The van der Waals surface area contributed by atoms with E-state index in [9.17, 15) is 0 Å². The highest BCUT2D eigenvalue weighted by Gasteiger charge is 2.23. The van der Waals surface area contributed by atoms with Crippen LogP contribution in [0.15, 0.2) is 0 Å². The van der Waals surface area contributed by atoms with Gasteiger partial charge in [-0.1, -0.05) is 13.8 Å². The molecule has 72 valence electrons. The maximum Gasteiger partial charge on any atom is 0.0130 e. The second-order valence-electron chi connectivity index (χ2n) is 4.03. The van der Waals surface area contributed by atoms with Gasteiger partial charge in [-0.3, -0.25) is 0 Å². The van der Waals surface area contributed by atoms with Gasteiger partial charge in [0.1, 0.15) is 0 Å². The summed E-state index contributed by atoms with van der Waals surface area (Å²) in [5.41, 5.74) is 0. The van der Waals surface area contributed by atoms with Gasteiger partial charge in [-0.05, 0) is 32.4 Å². The van der Waals surface area contributed by atoms with E-state index in [4.69, 9.17) is 0 Å². The summed E-state index contributed by atoms with van der Waals surface area (Å²) in [5.74, 6) is 1.76. The van der Waals surface area contributed by atoms with E-state index in [0.29, 0.717) is 0 Å². The number of hydrogen-bond acceptors (Lipinski definition) is 3. The lowest BCUT2D eigenvalue weighted by Crippen LogP contribution is -2.35. The Labute approximate surface area is 80.6 Å². The van der Waals surface area contributed by atoms with Gasteiger partial charge in [0.05, 0.1) is 0 Å². The number of nitrogens with zero attached hydrogens (tertiary/aromatic N) is 2. The maximum absolute atomic E-state index is 2.46. The molecular weight excluding hydrogens is 168 g/mol. The van der Waals surface area contributed by atoms with Crippen LogP contribution in [-0.2, 0) is 0 Å². The first-order valence-electron chi connectivity index (χ1n) is 4.70. The molecule has 0 aromatic heterocycles. The largest absolute Gasteiger partial charge is 0.243 e. The third-order valence-corrected chi connectivity index (χ3v) is 3.46. The van der Waals surface area contributed by atoms with E-state index >= 15 is 0 Å². The summed E-state index contributed by atoms with van der Waals surface area (Å²) in [6, 6.07) is 0. The van der Waals surface area contributed by atoms with E-state index in [0.717, 1.165) is 11.8 Å². The monoisotopic (exact) mass is 188 g/mol. The second-order valence-corrected chi connectivity index (χ2v) is 5.44. The van der Waals surface area contributed by atoms with Gasteiger partial charge >= 0.3 is 0 Å². The highest BCUT2D eigenvalue weighted by atomic mass is 32.2. The molecule has 0 bridgehead atoms. The fourth-order valence-corrected chi connectivity index (χ4v) is 2.48. The van der Waals surface area contributed by atoms with Crippen LogP contribution in [-0.4, -0.2) is 35.8 Å². The van der Waals surface area contributed by atoms with Crippen LogP contribution in [0.5, 0.6) is 0 Å². The molecule has 0 N–H and O–H groups in total. The van der Waals surface area contributed by atoms with Crippen molar-refractivity contribution in [1.29, 1.82) is 0 Å². The van der Waals surface area contributed by atoms with Gasteiger partial charge in [0.2, 0.25) is 0 Å². The van der Waals surface area contributed by atoms with Gasteiger partial charge in [-0.2, -0.15) is 0 Å². The minimum atomic E-state index is 0.853. The summed E-state index contributed by atoms with van der Waals surface area (Å²) in [6.07, 6.45) is 1.35. The molecule has 0 aliphatic carbocycles. The van der Waals surface area contributed by atoms with E-state index in [2.05, 4.69) is 36.6 Å². The Hall–Kier alpha value is 0.270. The molecule has 0 radical (unpaired) electrons. The van der Waals surface area contributed by atoms with E-state index in [1.54, 1.807) is 0 Å². The Balaban J connectivity index is 2.30. The van der Waals surface area contributed by atoms with Gasteiger partial charge in [0.15, 0.2) is 0 Å². The van der Waals surface area contributed by atoms with Crippen LogP contribution in [0.4, 0.5) is 0 Å². The standard InChI is InChI=1S/C9H20N2S/c1-8-5-6-11(7-9(8)2)12-10(3)4/h8-9H,5-7H2,1-4H3. The lowest BCUT2D eigenvalue weighted by molar-refractivity contribution is 0.221. The van der Waals surface area contributed by atoms with Gasteiger partial charge in [0.25, 0.3) is 0 Å². The summed E-state index contributed by atoms with van der Waals surface area (Å²) >= 11 is 1.85. The molecule has 1 aliphatic heterocycles. The summed E-state index contributed by atoms with van der Waals surface area (Å²) in [6.45, 7) is 7.20. The lowest BCUT2D eigenvalue weighted by Gasteiger charge is -2.35. The Kier molecular flexibility index (Phi) is 3.87. The Morgan fingerprint density at radius 2 is 1.92 bits per heavy atom. The van der Waals surface area contributed by atoms with Gasteiger partial charge in [-0.25, -0.2) is 8.61 Å². The Morgan fingerprint density at radius 1 is 1.25 bits per heavy atom. The Bertz CT molecular complexity index is 138. The average Bonchev–Trinajstić information content (AvgIpc) is 1.96. The lowest BCUT2D eigenvalue weighted by atomic mass is 9.90. The van der Waals surface area contributed by atoms with Crippen molar-refractivity contribution in [3.05, 3.63) is 0 Å². The third kappa shape index (κ3) is 2.96. The highest BCUT2D eigenvalue weighted by molar-refractivity contribution is 7.94. The summed E-state index contributed by atoms with van der Waals surface area (Å²) in [7, 11) is 4.21. The van der Waals surface area contributed by atoms with Gasteiger partial charge in [0, 0.05) is 25.2 Å². The van der Waals surface area contributed by atoms with Crippen molar-refractivity contribution >= 4 is 12.1 Å². The van der Waals surface area contributed by atoms with Crippen LogP contribution in [0, 0.1) is 11.8 Å². The van der Waals surface area contributed by atoms with E-state index in [1.165, 1.54) is 19.5 Å². The predicted molar refractivity (Wildman–Crippen MR) is 55.8 cm³/mol. The zero-order chi connectivity index (χ0) is 9.14. The van der Waals surface area contributed by atoms with Crippen LogP contribution >= 0.6 is 12.1 Å². The number of rotatable bonds is 2. The van der Waals surface area contributed by atoms with Crippen molar-refractivity contribution in [2.45, 2.75) is 20.3 Å². The SMILES string of the molecule is CC1CCN(SN(C)C)CC1C. The van der Waals surface area contributed by atoms with Crippen molar-refractivity contribution < 1.29 is 0 Å². The predicted octanol–water partition coefficient (Wildman–Crippen LogP) is 2.09. The molecular formula is C9H20N2S. The highest BCUT2D eigenvalue weighted by Crippen LogP contribution is 2.27. The first kappa shape index (κ1) is 10.4. The zero-order valence-corrected chi connectivity index (χ0v) is 9.40. The molecule has 3 heteroatoms. The molecule has 1 saturated heterocycles. The van der Waals surface area contributed by atoms with Crippen molar-refractivity contribution in [2.75, 3.05) is 27.2 Å². The molecule has 2 nitrogen and oxygen atoms in total. The van der Waals surface area contributed by atoms with Crippen molar-refractivity contribution in [3.8, 4) is 0 Å². The fraction of sp³-hybridized carbons (Fsp3) is 1.00. The smallest absolute Gasteiger partial charge is 0.0130 e. The summed E-state index contributed by atoms with van der Waals surface area (Å²) in [4.78, 5) is 0. The molecule has 0 amide bonds. The summed E-state index contributed by atoms with van der Waals surface area (Å²) in [5, 5.41) is 0. The zero-order valence-electron chi connectivity index (χ0n) is 8.58. The van der Waals surface area contributed by atoms with E-state index in [1.807, 2.05) is 12.1 Å². The van der Waals surface area contributed by atoms with Crippen LogP contribution < -0.4 is 0 Å². The van der Waals surface area contributed by atoms with Gasteiger partial charge in [-0.15, -0.1) is 0 Å². The maximum atomic E-state index is 2.46. The van der Waals surface area contributed by atoms with E-state index < -0.39 is 0 Å². The molecule has 12 heavy (non-hydrogen) atoms. The molecule has 0 saturated carbocycles. The number of piperidine rings is 1. The molecule has 1 rings (SSSR count). The molecule has 2 unspecified atom stereocenters. The van der Waals surface area contributed by atoms with Crippen LogP contribution in [0.25, 0.3) is 0 Å². The van der Waals surface area contributed by atoms with Crippen molar-refractivity contribution in [3.63, 3.8) is 0 Å². The van der Waals surface area contributed by atoms with Crippen molar-refractivity contribution in [1.82, 2.24) is 8.61 Å². The molecule has 0 spiro atoms. The molecule has 1 heterocycles. The fourth-order valence-electron chi connectivity index (χ4n) is 1.53. The molecule has 0 aromatic rings. The quantitative estimate of drug-likeness (QED) is 0.613. The molecule has 0 aromatic carbocycles. The second kappa shape index (κ2) is 4.49. The number of hydrogen-bond donors (Lipinski definition) is 0. The van der Waals surface area contributed by atoms with Crippen LogP contribution in [0.2, 0.25) is 0 Å². The first-order chi connectivity index (χ1) is 5.59. The van der Waals surface area contributed by atoms with Crippen LogP contribution in [0.1, 0.15) is 20.3 Å². The normalized spacial score (nSPS) is 32.8. The molecule has 2 atom stereocenters. The minimum Gasteiger partial charge on any atom is -0.243 e. The van der Waals surface area contributed by atoms with Crippen LogP contribution in [0.3, 0.4) is 0 Å². The minimum absolute atomic E-state index is 0.853. The molecule has 1 fully saturated rings. The van der Waals surface area contributed by atoms with Gasteiger partial charge < -0.3 is 0 Å². The average molecular weight is 188 g/mol. The third-order valence-electron chi connectivity index (χ3n) is 2.58. The van der Waals surface area contributed by atoms with E-state index in [-0.39, 0.29) is 0 Å². The molecule has 1 aliphatic rings. The Morgan fingerprint density at radius 3 is 2.42 bits per heavy atom. The summed E-state index contributed by atoms with van der Waals surface area (Å²) < 4.78 is 4.63.